The second kappa shape index (κ2) is 9.68. The summed E-state index contributed by atoms with van der Waals surface area (Å²) in [4.78, 5) is 11.6. The van der Waals surface area contributed by atoms with Crippen molar-refractivity contribution in [3.8, 4) is 0 Å². The monoisotopic (exact) mass is 510 g/mol. The van der Waals surface area contributed by atoms with Crippen LogP contribution in [0.15, 0.2) is 60.0 Å². The van der Waals surface area contributed by atoms with Crippen LogP contribution in [-0.2, 0) is 10.0 Å². The van der Waals surface area contributed by atoms with Crippen LogP contribution in [-0.4, -0.2) is 48.9 Å². The second-order valence-corrected chi connectivity index (χ2v) is 11.1. The minimum atomic E-state index is -3.44. The number of nitrogens with one attached hydrogen (secondary N) is 3. The van der Waals surface area contributed by atoms with Crippen LogP contribution >= 0.6 is 11.3 Å². The lowest BCUT2D eigenvalue weighted by molar-refractivity contribution is 0.145. The van der Waals surface area contributed by atoms with Gasteiger partial charge in [0.2, 0.25) is 16.0 Å². The lowest BCUT2D eigenvalue weighted by atomic mass is 10.1. The van der Waals surface area contributed by atoms with Gasteiger partial charge in [-0.1, -0.05) is 12.1 Å². The van der Waals surface area contributed by atoms with E-state index in [0.29, 0.717) is 23.1 Å². The number of aliphatic hydroxyl groups is 1. The van der Waals surface area contributed by atoms with E-state index in [1.165, 1.54) is 11.3 Å². The number of aliphatic hydroxyl groups excluding tert-OH is 1. The first kappa shape index (κ1) is 23.3. The number of fused-ring (bicyclic) bond motifs is 1. The van der Waals surface area contributed by atoms with E-state index in [-0.39, 0.29) is 6.10 Å². The van der Waals surface area contributed by atoms with E-state index >= 15 is 0 Å². The van der Waals surface area contributed by atoms with Crippen molar-refractivity contribution in [1.82, 2.24) is 9.97 Å². The van der Waals surface area contributed by atoms with E-state index < -0.39 is 10.0 Å². The number of rotatable bonds is 7. The number of benzene rings is 2. The molecule has 9 nitrogen and oxygen atoms in total. The molecule has 0 aliphatic carbocycles. The van der Waals surface area contributed by atoms with Crippen LogP contribution in [0.1, 0.15) is 12.8 Å². The molecule has 35 heavy (non-hydrogen) atoms. The van der Waals surface area contributed by atoms with Gasteiger partial charge >= 0.3 is 0 Å². The molecule has 0 spiro atoms. The van der Waals surface area contributed by atoms with Crippen molar-refractivity contribution in [2.24, 2.45) is 0 Å². The van der Waals surface area contributed by atoms with Gasteiger partial charge in [-0.3, -0.25) is 4.72 Å². The zero-order valence-corrected chi connectivity index (χ0v) is 20.7. The first-order valence-corrected chi connectivity index (χ1v) is 14.0. The molecular weight excluding hydrogens is 484 g/mol. The van der Waals surface area contributed by atoms with Gasteiger partial charge in [-0.2, -0.15) is 4.98 Å². The van der Waals surface area contributed by atoms with Crippen LogP contribution in [0.4, 0.5) is 34.5 Å². The predicted molar refractivity (Wildman–Crippen MR) is 143 cm³/mol. The maximum atomic E-state index is 11.8. The van der Waals surface area contributed by atoms with E-state index in [0.717, 1.165) is 53.8 Å². The summed E-state index contributed by atoms with van der Waals surface area (Å²) >= 11 is 1.51. The number of para-hydroxylation sites is 2. The Morgan fingerprint density at radius 1 is 0.971 bits per heavy atom. The van der Waals surface area contributed by atoms with Gasteiger partial charge < -0.3 is 20.6 Å². The Kier molecular flexibility index (Phi) is 6.46. The lowest BCUT2D eigenvalue weighted by Crippen LogP contribution is -2.35. The molecule has 3 heterocycles. The third-order valence-corrected chi connectivity index (χ3v) is 7.23. The zero-order chi connectivity index (χ0) is 24.4. The summed E-state index contributed by atoms with van der Waals surface area (Å²) in [5, 5.41) is 18.2. The molecule has 4 aromatic rings. The minimum Gasteiger partial charge on any atom is -0.393 e. The highest BCUT2D eigenvalue weighted by molar-refractivity contribution is 7.92. The Morgan fingerprint density at radius 2 is 1.69 bits per heavy atom. The highest BCUT2D eigenvalue weighted by Crippen LogP contribution is 2.33. The van der Waals surface area contributed by atoms with E-state index in [9.17, 15) is 13.5 Å². The first-order chi connectivity index (χ1) is 16.8. The van der Waals surface area contributed by atoms with Gasteiger partial charge in [0.05, 0.1) is 34.0 Å². The molecule has 182 valence electrons. The molecule has 0 saturated carbocycles. The van der Waals surface area contributed by atoms with Gasteiger partial charge in [0.15, 0.2) is 5.82 Å². The van der Waals surface area contributed by atoms with Gasteiger partial charge in [-0.15, -0.1) is 11.3 Å². The Hall–Kier alpha value is -3.41. The van der Waals surface area contributed by atoms with Crippen molar-refractivity contribution in [3.05, 3.63) is 60.0 Å². The summed E-state index contributed by atoms with van der Waals surface area (Å²) in [6.07, 6.45) is 2.49. The highest BCUT2D eigenvalue weighted by Gasteiger charge is 2.17. The van der Waals surface area contributed by atoms with Crippen molar-refractivity contribution in [2.75, 3.05) is 39.6 Å². The number of nitrogens with zero attached hydrogens (tertiary/aromatic N) is 3. The summed E-state index contributed by atoms with van der Waals surface area (Å²) in [5.74, 6) is 1.01. The summed E-state index contributed by atoms with van der Waals surface area (Å²) in [6.45, 7) is 1.69. The maximum absolute atomic E-state index is 11.8. The largest absolute Gasteiger partial charge is 0.393 e. The normalized spacial score (nSPS) is 14.7. The van der Waals surface area contributed by atoms with Crippen LogP contribution in [0.2, 0.25) is 0 Å². The molecule has 0 unspecified atom stereocenters. The molecule has 0 atom stereocenters. The number of thiophene rings is 1. The summed E-state index contributed by atoms with van der Waals surface area (Å²) < 4.78 is 27.0. The molecule has 0 bridgehead atoms. The number of hydrogen-bond acceptors (Lipinski definition) is 9. The average Bonchev–Trinajstić information content (AvgIpc) is 3.30. The van der Waals surface area contributed by atoms with Crippen LogP contribution in [0, 0.1) is 0 Å². The Morgan fingerprint density at radius 3 is 2.40 bits per heavy atom. The van der Waals surface area contributed by atoms with Gasteiger partial charge in [-0.05, 0) is 60.7 Å². The molecule has 1 saturated heterocycles. The molecular formula is C24H26N6O3S2. The molecule has 1 aliphatic rings. The Bertz CT molecular complexity index is 1430. The molecule has 11 heteroatoms. The molecule has 0 radical (unpaired) electrons. The molecule has 1 aliphatic heterocycles. The quantitative estimate of drug-likeness (QED) is 0.287. The van der Waals surface area contributed by atoms with E-state index in [4.69, 9.17) is 0 Å². The number of anilines is 6. The Labute approximate surface area is 207 Å². The number of aromatic nitrogens is 2. The van der Waals surface area contributed by atoms with E-state index in [2.05, 4.69) is 42.4 Å². The van der Waals surface area contributed by atoms with Crippen LogP contribution in [0.5, 0.6) is 0 Å². The van der Waals surface area contributed by atoms with Crippen molar-refractivity contribution in [3.63, 3.8) is 0 Å². The first-order valence-electron chi connectivity index (χ1n) is 11.2. The van der Waals surface area contributed by atoms with Crippen LogP contribution < -0.4 is 20.3 Å². The molecule has 5 rings (SSSR count). The van der Waals surface area contributed by atoms with Crippen LogP contribution in [0.3, 0.4) is 0 Å². The van der Waals surface area contributed by atoms with Crippen LogP contribution in [0.25, 0.3) is 10.2 Å². The average molecular weight is 511 g/mol. The summed E-state index contributed by atoms with van der Waals surface area (Å²) in [5.41, 5.74) is 3.79. The fourth-order valence-corrected chi connectivity index (χ4v) is 5.37. The molecule has 4 N–H and O–H groups in total. The SMILES string of the molecule is CS(=O)(=O)Nc1ccccc1Nc1nc(Nc2ccc(N3CCC(O)CC3)cc2)nc2ccsc12. The molecule has 0 amide bonds. The maximum Gasteiger partial charge on any atom is 0.229 e. The van der Waals surface area contributed by atoms with Crippen molar-refractivity contribution < 1.29 is 13.5 Å². The van der Waals surface area contributed by atoms with Gasteiger partial charge in [0.1, 0.15) is 0 Å². The highest BCUT2D eigenvalue weighted by atomic mass is 32.2. The molecule has 2 aromatic carbocycles. The fourth-order valence-electron chi connectivity index (χ4n) is 4.02. The van der Waals surface area contributed by atoms with E-state index in [1.54, 1.807) is 18.2 Å². The number of piperidine rings is 1. The van der Waals surface area contributed by atoms with E-state index in [1.807, 2.05) is 29.6 Å². The third kappa shape index (κ3) is 5.64. The van der Waals surface area contributed by atoms with Gasteiger partial charge in [0, 0.05) is 24.5 Å². The number of hydrogen-bond donors (Lipinski definition) is 4. The predicted octanol–water partition coefficient (Wildman–Crippen LogP) is 4.51. The third-order valence-electron chi connectivity index (χ3n) is 5.73. The lowest BCUT2D eigenvalue weighted by Gasteiger charge is -2.31. The smallest absolute Gasteiger partial charge is 0.229 e. The molecule has 2 aromatic heterocycles. The molecule has 1 fully saturated rings. The van der Waals surface area contributed by atoms with Gasteiger partial charge in [0.25, 0.3) is 0 Å². The topological polar surface area (TPSA) is 119 Å². The zero-order valence-electron chi connectivity index (χ0n) is 19.1. The summed E-state index contributed by atoms with van der Waals surface area (Å²) in [7, 11) is -3.44. The minimum absolute atomic E-state index is 0.201. The number of sulfonamides is 1. The fraction of sp³-hybridized carbons (Fsp3) is 0.250. The van der Waals surface area contributed by atoms with Crippen molar-refractivity contribution >= 4 is 66.1 Å². The van der Waals surface area contributed by atoms with Crippen molar-refractivity contribution in [2.45, 2.75) is 18.9 Å². The van der Waals surface area contributed by atoms with Crippen molar-refractivity contribution in [1.29, 1.82) is 0 Å². The van der Waals surface area contributed by atoms with Gasteiger partial charge in [-0.25, -0.2) is 13.4 Å². The standard InChI is InChI=1S/C24H26N6O3S2/c1-35(32,33)29-20-5-3-2-4-19(20)26-23-22-21(12-15-34-22)27-24(28-23)25-16-6-8-17(9-7-16)30-13-10-18(31)11-14-30/h2-9,12,15,18,29,31H,10-11,13-14H2,1H3,(H2,25,26,27,28). The second-order valence-electron chi connectivity index (χ2n) is 8.47. The summed E-state index contributed by atoms with van der Waals surface area (Å²) in [6, 6.07) is 17.1. The Balaban J connectivity index is 1.39.